The molecule has 0 unspecified atom stereocenters. The number of rotatable bonds is 4. The second-order valence-electron chi connectivity index (χ2n) is 6.79. The van der Waals surface area contributed by atoms with Crippen LogP contribution in [0, 0.1) is 0 Å². The number of fused-ring (bicyclic) bond motifs is 1. The minimum absolute atomic E-state index is 0.107. The summed E-state index contributed by atoms with van der Waals surface area (Å²) in [6.07, 6.45) is 4.08. The van der Waals surface area contributed by atoms with E-state index in [4.69, 9.17) is 4.74 Å². The lowest BCUT2D eigenvalue weighted by Crippen LogP contribution is -2.41. The largest absolute Gasteiger partial charge is 0.497 e. The van der Waals surface area contributed by atoms with Gasteiger partial charge in [0, 0.05) is 23.1 Å². The standard InChI is InChI=1S/C19H22N4O3S/c1-26-14-8-6-13(7-9-14)23-17(15-10-27-11-16(15)22-23)21-19(25)18(24)20-12-4-2-3-5-12/h6-9,12H,2-5,10-11H2,1H3,(H,20,24)(H,21,25). The smallest absolute Gasteiger partial charge is 0.314 e. The van der Waals surface area contributed by atoms with Crippen LogP contribution in [0.1, 0.15) is 36.9 Å². The Morgan fingerprint density at radius 3 is 2.59 bits per heavy atom. The zero-order chi connectivity index (χ0) is 18.8. The summed E-state index contributed by atoms with van der Waals surface area (Å²) in [7, 11) is 1.61. The van der Waals surface area contributed by atoms with Crippen LogP contribution in [-0.4, -0.2) is 34.7 Å². The van der Waals surface area contributed by atoms with Gasteiger partial charge >= 0.3 is 11.8 Å². The van der Waals surface area contributed by atoms with E-state index in [1.54, 1.807) is 23.6 Å². The Morgan fingerprint density at radius 1 is 1.15 bits per heavy atom. The quantitative estimate of drug-likeness (QED) is 0.789. The summed E-state index contributed by atoms with van der Waals surface area (Å²) >= 11 is 1.75. The molecule has 1 fully saturated rings. The van der Waals surface area contributed by atoms with E-state index in [2.05, 4.69) is 15.7 Å². The third kappa shape index (κ3) is 3.66. The van der Waals surface area contributed by atoms with E-state index in [1.807, 2.05) is 24.3 Å². The Kier molecular flexibility index (Phi) is 5.07. The number of benzene rings is 1. The van der Waals surface area contributed by atoms with Crippen molar-refractivity contribution in [2.45, 2.75) is 43.2 Å². The Balaban J connectivity index is 1.57. The Labute approximate surface area is 161 Å². The highest BCUT2D eigenvalue weighted by Crippen LogP contribution is 2.36. The molecule has 27 heavy (non-hydrogen) atoms. The van der Waals surface area contributed by atoms with Crippen LogP contribution in [0.15, 0.2) is 24.3 Å². The average molecular weight is 386 g/mol. The van der Waals surface area contributed by atoms with Crippen LogP contribution in [0.5, 0.6) is 5.75 Å². The first-order chi connectivity index (χ1) is 13.2. The lowest BCUT2D eigenvalue weighted by molar-refractivity contribution is -0.136. The number of anilines is 1. The summed E-state index contributed by atoms with van der Waals surface area (Å²) in [4.78, 5) is 24.8. The molecule has 8 heteroatoms. The summed E-state index contributed by atoms with van der Waals surface area (Å²) < 4.78 is 6.90. The SMILES string of the molecule is COc1ccc(-n2nc3c(c2NC(=O)C(=O)NC2CCCC2)CSC3)cc1. The first kappa shape index (κ1) is 17.9. The third-order valence-electron chi connectivity index (χ3n) is 5.00. The highest BCUT2D eigenvalue weighted by atomic mass is 32.2. The summed E-state index contributed by atoms with van der Waals surface area (Å²) in [5.74, 6) is 1.67. The molecule has 0 radical (unpaired) electrons. The van der Waals surface area contributed by atoms with Gasteiger partial charge in [0.2, 0.25) is 0 Å². The fraction of sp³-hybridized carbons (Fsp3) is 0.421. The third-order valence-corrected chi connectivity index (χ3v) is 5.97. The summed E-state index contributed by atoms with van der Waals surface area (Å²) in [5.41, 5.74) is 2.74. The first-order valence-electron chi connectivity index (χ1n) is 9.10. The average Bonchev–Trinajstić information content (AvgIpc) is 3.41. The second kappa shape index (κ2) is 7.64. The van der Waals surface area contributed by atoms with E-state index in [-0.39, 0.29) is 6.04 Å². The van der Waals surface area contributed by atoms with Gasteiger partial charge in [-0.05, 0) is 37.1 Å². The molecule has 0 bridgehead atoms. The van der Waals surface area contributed by atoms with Gasteiger partial charge in [0.25, 0.3) is 0 Å². The van der Waals surface area contributed by atoms with Gasteiger partial charge in [0.15, 0.2) is 0 Å². The maximum atomic E-state index is 12.5. The van der Waals surface area contributed by atoms with Gasteiger partial charge in [-0.15, -0.1) is 0 Å². The molecule has 1 saturated carbocycles. The number of methoxy groups -OCH3 is 1. The number of hydrogen-bond donors (Lipinski definition) is 2. The molecule has 1 aliphatic heterocycles. The number of carbonyl (C=O) groups is 2. The Morgan fingerprint density at radius 2 is 1.89 bits per heavy atom. The van der Waals surface area contributed by atoms with Gasteiger partial charge in [0.05, 0.1) is 18.5 Å². The molecule has 0 spiro atoms. The Hall–Kier alpha value is -2.48. The number of ether oxygens (including phenoxy) is 1. The molecule has 2 heterocycles. The maximum absolute atomic E-state index is 12.5. The number of nitrogens with zero attached hydrogens (tertiary/aromatic N) is 2. The van der Waals surface area contributed by atoms with E-state index in [0.717, 1.165) is 59.9 Å². The molecule has 0 saturated heterocycles. The molecule has 1 aromatic carbocycles. The molecular formula is C19H22N4O3S. The minimum Gasteiger partial charge on any atom is -0.497 e. The van der Waals surface area contributed by atoms with Crippen molar-refractivity contribution in [1.82, 2.24) is 15.1 Å². The maximum Gasteiger partial charge on any atom is 0.314 e. The van der Waals surface area contributed by atoms with Crippen LogP contribution in [0.4, 0.5) is 5.82 Å². The van der Waals surface area contributed by atoms with E-state index in [1.165, 1.54) is 0 Å². The molecule has 1 aromatic heterocycles. The van der Waals surface area contributed by atoms with Crippen LogP contribution in [0.25, 0.3) is 5.69 Å². The number of carbonyl (C=O) groups excluding carboxylic acids is 2. The van der Waals surface area contributed by atoms with Crippen molar-refractivity contribution < 1.29 is 14.3 Å². The first-order valence-corrected chi connectivity index (χ1v) is 10.3. The highest BCUT2D eigenvalue weighted by Gasteiger charge is 2.27. The van der Waals surface area contributed by atoms with Crippen molar-refractivity contribution in [3.05, 3.63) is 35.5 Å². The number of hydrogen-bond acceptors (Lipinski definition) is 5. The predicted octanol–water partition coefficient (Wildman–Crippen LogP) is 2.62. The normalized spacial score (nSPS) is 16.2. The summed E-state index contributed by atoms with van der Waals surface area (Å²) in [5, 5.41) is 10.3. The molecular weight excluding hydrogens is 364 g/mol. The van der Waals surface area contributed by atoms with Crippen LogP contribution >= 0.6 is 11.8 Å². The molecule has 0 atom stereocenters. The molecule has 2 amide bonds. The molecule has 4 rings (SSSR count). The number of thioether (sulfide) groups is 1. The highest BCUT2D eigenvalue weighted by molar-refractivity contribution is 7.98. The van der Waals surface area contributed by atoms with E-state index >= 15 is 0 Å². The molecule has 2 aromatic rings. The number of aromatic nitrogens is 2. The van der Waals surface area contributed by atoms with Crippen molar-refractivity contribution in [3.63, 3.8) is 0 Å². The van der Waals surface area contributed by atoms with Gasteiger partial charge in [-0.2, -0.15) is 16.9 Å². The van der Waals surface area contributed by atoms with Crippen LogP contribution in [0.3, 0.4) is 0 Å². The molecule has 1 aliphatic carbocycles. The van der Waals surface area contributed by atoms with Crippen molar-refractivity contribution >= 4 is 29.4 Å². The lowest BCUT2D eigenvalue weighted by atomic mass is 10.2. The zero-order valence-electron chi connectivity index (χ0n) is 15.2. The minimum atomic E-state index is -0.642. The molecule has 2 N–H and O–H groups in total. The monoisotopic (exact) mass is 386 g/mol. The molecule has 2 aliphatic rings. The van der Waals surface area contributed by atoms with Crippen molar-refractivity contribution in [1.29, 1.82) is 0 Å². The van der Waals surface area contributed by atoms with Crippen LogP contribution in [0.2, 0.25) is 0 Å². The van der Waals surface area contributed by atoms with E-state index in [9.17, 15) is 9.59 Å². The van der Waals surface area contributed by atoms with Crippen LogP contribution in [-0.2, 0) is 21.1 Å². The Bertz CT molecular complexity index is 857. The van der Waals surface area contributed by atoms with E-state index in [0.29, 0.717) is 5.82 Å². The fourth-order valence-corrected chi connectivity index (χ4v) is 4.57. The second-order valence-corrected chi connectivity index (χ2v) is 7.77. The van der Waals surface area contributed by atoms with Gasteiger partial charge < -0.3 is 15.4 Å². The summed E-state index contributed by atoms with van der Waals surface area (Å²) in [6.45, 7) is 0. The summed E-state index contributed by atoms with van der Waals surface area (Å²) in [6, 6.07) is 7.55. The predicted molar refractivity (Wildman–Crippen MR) is 104 cm³/mol. The van der Waals surface area contributed by atoms with Crippen molar-refractivity contribution in [2.75, 3.05) is 12.4 Å². The van der Waals surface area contributed by atoms with Crippen molar-refractivity contribution in [2.24, 2.45) is 0 Å². The molecule has 7 nitrogen and oxygen atoms in total. The van der Waals surface area contributed by atoms with Gasteiger partial charge in [0.1, 0.15) is 11.6 Å². The van der Waals surface area contributed by atoms with Crippen molar-refractivity contribution in [3.8, 4) is 11.4 Å². The molecule has 142 valence electrons. The number of nitrogens with one attached hydrogen (secondary N) is 2. The van der Waals surface area contributed by atoms with Gasteiger partial charge in [-0.1, -0.05) is 12.8 Å². The topological polar surface area (TPSA) is 85.2 Å². The lowest BCUT2D eigenvalue weighted by Gasteiger charge is -2.13. The number of amides is 2. The van der Waals surface area contributed by atoms with E-state index < -0.39 is 11.8 Å². The zero-order valence-corrected chi connectivity index (χ0v) is 16.0. The van der Waals surface area contributed by atoms with Gasteiger partial charge in [-0.25, -0.2) is 4.68 Å². The van der Waals surface area contributed by atoms with Gasteiger partial charge in [-0.3, -0.25) is 9.59 Å². The van der Waals surface area contributed by atoms with Crippen LogP contribution < -0.4 is 15.4 Å². The fourth-order valence-electron chi connectivity index (χ4n) is 3.54.